The summed E-state index contributed by atoms with van der Waals surface area (Å²) in [6.45, 7) is 1.43. The highest BCUT2D eigenvalue weighted by atomic mass is 19.2. The Balaban J connectivity index is 1.67. The number of rotatable bonds is 7. The summed E-state index contributed by atoms with van der Waals surface area (Å²) < 4.78 is 31.9. The molecule has 3 rings (SSSR count). The van der Waals surface area contributed by atoms with Gasteiger partial charge < -0.3 is 20.6 Å². The molecule has 0 radical (unpaired) electrons. The number of hydrogen-bond acceptors (Lipinski definition) is 5. The lowest BCUT2D eigenvalue weighted by Crippen LogP contribution is -2.27. The Hall–Kier alpha value is -4.01. The zero-order chi connectivity index (χ0) is 21.5. The summed E-state index contributed by atoms with van der Waals surface area (Å²) in [4.78, 5) is 21.5. The summed E-state index contributed by atoms with van der Waals surface area (Å²) in [5, 5.41) is 6.17. The van der Waals surface area contributed by atoms with Crippen molar-refractivity contribution in [2.45, 2.75) is 13.0 Å². The average molecular weight is 412 g/mol. The van der Waals surface area contributed by atoms with Crippen molar-refractivity contribution >= 4 is 17.4 Å². The molecular weight excluding hydrogens is 394 g/mol. The highest BCUT2D eigenvalue weighted by Gasteiger charge is 2.17. The number of amidine groups is 1. The number of nitrogens with two attached hydrogens (primary N) is 1. The number of carbonyl (C=O) groups is 1. The van der Waals surface area contributed by atoms with Gasteiger partial charge in [-0.2, -0.15) is 0 Å². The maximum atomic E-state index is 13.3. The molecule has 1 unspecified atom stereocenters. The van der Waals surface area contributed by atoms with Gasteiger partial charge in [0.05, 0.1) is 5.56 Å². The van der Waals surface area contributed by atoms with E-state index in [0.717, 1.165) is 12.1 Å². The fourth-order valence-electron chi connectivity index (χ4n) is 2.32. The fraction of sp³-hybridized carbons (Fsp3) is 0.0952. The maximum Gasteiger partial charge on any atom is 0.267 e. The van der Waals surface area contributed by atoms with Gasteiger partial charge in [0.2, 0.25) is 12.0 Å². The van der Waals surface area contributed by atoms with Crippen LogP contribution in [0.25, 0.3) is 0 Å². The van der Waals surface area contributed by atoms with Crippen molar-refractivity contribution in [1.82, 2.24) is 4.98 Å². The van der Waals surface area contributed by atoms with E-state index in [-0.39, 0.29) is 17.4 Å². The molecule has 0 fully saturated rings. The lowest BCUT2D eigenvalue weighted by atomic mass is 10.2. The SMILES string of the molecule is CC(ON=C(N)c1cccnc1Oc1ccccc1)C(=O)Nc1ccc(F)c(F)c1. The van der Waals surface area contributed by atoms with Gasteiger partial charge in [0.25, 0.3) is 5.91 Å². The first-order valence-electron chi connectivity index (χ1n) is 8.87. The van der Waals surface area contributed by atoms with Crippen molar-refractivity contribution in [2.24, 2.45) is 10.9 Å². The van der Waals surface area contributed by atoms with Crippen molar-refractivity contribution < 1.29 is 23.1 Å². The van der Waals surface area contributed by atoms with Crippen LogP contribution in [0.4, 0.5) is 14.5 Å². The van der Waals surface area contributed by atoms with E-state index in [1.165, 1.54) is 19.2 Å². The molecule has 1 heterocycles. The van der Waals surface area contributed by atoms with E-state index < -0.39 is 23.6 Å². The molecule has 1 atom stereocenters. The molecule has 0 spiro atoms. The zero-order valence-electron chi connectivity index (χ0n) is 15.9. The van der Waals surface area contributed by atoms with Gasteiger partial charge >= 0.3 is 0 Å². The largest absolute Gasteiger partial charge is 0.438 e. The number of carbonyl (C=O) groups excluding carboxylic acids is 1. The predicted molar refractivity (Wildman–Crippen MR) is 107 cm³/mol. The summed E-state index contributed by atoms with van der Waals surface area (Å²) in [6, 6.07) is 15.3. The van der Waals surface area contributed by atoms with Crippen molar-refractivity contribution in [3.8, 4) is 11.6 Å². The second-order valence-corrected chi connectivity index (χ2v) is 6.11. The van der Waals surface area contributed by atoms with E-state index in [1.807, 2.05) is 18.2 Å². The van der Waals surface area contributed by atoms with Crippen molar-refractivity contribution in [3.63, 3.8) is 0 Å². The summed E-state index contributed by atoms with van der Waals surface area (Å²) in [5.41, 5.74) is 6.42. The zero-order valence-corrected chi connectivity index (χ0v) is 15.9. The molecule has 0 bridgehead atoms. The minimum absolute atomic E-state index is 0.0542. The summed E-state index contributed by atoms with van der Waals surface area (Å²) in [5.74, 6) is -1.99. The molecule has 9 heteroatoms. The fourth-order valence-corrected chi connectivity index (χ4v) is 2.32. The average Bonchev–Trinajstić information content (AvgIpc) is 2.75. The van der Waals surface area contributed by atoms with Gasteiger partial charge in [0.1, 0.15) is 5.75 Å². The van der Waals surface area contributed by atoms with Crippen LogP contribution in [0.15, 0.2) is 72.0 Å². The molecule has 7 nitrogen and oxygen atoms in total. The molecule has 0 saturated heterocycles. The summed E-state index contributed by atoms with van der Waals surface area (Å²) in [7, 11) is 0. The van der Waals surface area contributed by atoms with Gasteiger partial charge in [-0.15, -0.1) is 0 Å². The highest BCUT2D eigenvalue weighted by Crippen LogP contribution is 2.22. The molecule has 0 aliphatic heterocycles. The van der Waals surface area contributed by atoms with Crippen LogP contribution in [0.2, 0.25) is 0 Å². The van der Waals surface area contributed by atoms with Crippen LogP contribution < -0.4 is 15.8 Å². The Bertz CT molecular complexity index is 1060. The highest BCUT2D eigenvalue weighted by molar-refractivity contribution is 5.99. The monoisotopic (exact) mass is 412 g/mol. The molecule has 3 aromatic rings. The van der Waals surface area contributed by atoms with E-state index >= 15 is 0 Å². The van der Waals surface area contributed by atoms with Crippen LogP contribution in [0.3, 0.4) is 0 Å². The first-order chi connectivity index (χ1) is 14.4. The van der Waals surface area contributed by atoms with Crippen LogP contribution in [-0.4, -0.2) is 22.8 Å². The molecule has 1 aromatic heterocycles. The third-order valence-corrected chi connectivity index (χ3v) is 3.87. The van der Waals surface area contributed by atoms with Crippen LogP contribution in [0.1, 0.15) is 12.5 Å². The standard InChI is InChI=1S/C21H18F2N4O3/c1-13(20(28)26-14-9-10-17(22)18(23)12-14)30-27-19(24)16-8-5-11-25-21(16)29-15-6-3-2-4-7-15/h2-13H,1H3,(H2,24,27)(H,26,28). The van der Waals surface area contributed by atoms with Crippen molar-refractivity contribution in [2.75, 3.05) is 5.32 Å². The molecule has 0 saturated carbocycles. The number of oxime groups is 1. The molecule has 1 amide bonds. The van der Waals surface area contributed by atoms with E-state index in [2.05, 4.69) is 15.5 Å². The number of amides is 1. The molecule has 2 aromatic carbocycles. The second kappa shape index (κ2) is 9.46. The number of anilines is 1. The van der Waals surface area contributed by atoms with Crippen molar-refractivity contribution in [1.29, 1.82) is 0 Å². The number of ether oxygens (including phenoxy) is 1. The number of benzene rings is 2. The van der Waals surface area contributed by atoms with Crippen LogP contribution in [-0.2, 0) is 9.63 Å². The Morgan fingerprint density at radius 3 is 2.60 bits per heavy atom. The summed E-state index contributed by atoms with van der Waals surface area (Å²) >= 11 is 0. The molecule has 0 aliphatic carbocycles. The maximum absolute atomic E-state index is 13.3. The van der Waals surface area contributed by atoms with E-state index in [0.29, 0.717) is 11.3 Å². The lowest BCUT2D eigenvalue weighted by molar-refractivity contribution is -0.126. The molecule has 30 heavy (non-hydrogen) atoms. The number of hydrogen-bond donors (Lipinski definition) is 2. The van der Waals surface area contributed by atoms with Gasteiger partial charge in [-0.3, -0.25) is 4.79 Å². The lowest BCUT2D eigenvalue weighted by Gasteiger charge is -2.12. The predicted octanol–water partition coefficient (Wildman–Crippen LogP) is 3.82. The van der Waals surface area contributed by atoms with Gasteiger partial charge in [-0.1, -0.05) is 23.4 Å². The Kier molecular flexibility index (Phi) is 6.53. The molecule has 154 valence electrons. The number of para-hydroxylation sites is 1. The van der Waals surface area contributed by atoms with E-state index in [4.69, 9.17) is 15.3 Å². The normalized spacial score (nSPS) is 12.2. The molecule has 3 N–H and O–H groups in total. The van der Waals surface area contributed by atoms with Crippen LogP contribution >= 0.6 is 0 Å². The molecular formula is C21H18F2N4O3. The minimum atomic E-state index is -1.08. The van der Waals surface area contributed by atoms with Gasteiger partial charge in [0.15, 0.2) is 17.5 Å². The van der Waals surface area contributed by atoms with Crippen LogP contribution in [0, 0.1) is 11.6 Å². The first-order valence-corrected chi connectivity index (χ1v) is 8.87. The minimum Gasteiger partial charge on any atom is -0.438 e. The summed E-state index contributed by atoms with van der Waals surface area (Å²) in [6.07, 6.45) is 0.472. The van der Waals surface area contributed by atoms with Gasteiger partial charge in [-0.05, 0) is 43.3 Å². The molecule has 0 aliphatic rings. The Morgan fingerprint density at radius 1 is 1.10 bits per heavy atom. The number of nitrogens with one attached hydrogen (secondary N) is 1. The van der Waals surface area contributed by atoms with E-state index in [9.17, 15) is 13.6 Å². The Labute approximate surface area is 171 Å². The second-order valence-electron chi connectivity index (χ2n) is 6.11. The van der Waals surface area contributed by atoms with Crippen molar-refractivity contribution in [3.05, 3.63) is 84.1 Å². The quantitative estimate of drug-likeness (QED) is 0.349. The number of halogens is 2. The third-order valence-electron chi connectivity index (χ3n) is 3.87. The number of aromatic nitrogens is 1. The van der Waals surface area contributed by atoms with Gasteiger partial charge in [-0.25, -0.2) is 13.8 Å². The first kappa shape index (κ1) is 20.7. The number of pyridine rings is 1. The number of nitrogens with zero attached hydrogens (tertiary/aromatic N) is 2. The smallest absolute Gasteiger partial charge is 0.267 e. The van der Waals surface area contributed by atoms with Crippen LogP contribution in [0.5, 0.6) is 11.6 Å². The Morgan fingerprint density at radius 2 is 1.87 bits per heavy atom. The topological polar surface area (TPSA) is 98.8 Å². The van der Waals surface area contributed by atoms with E-state index in [1.54, 1.807) is 24.3 Å². The van der Waals surface area contributed by atoms with Gasteiger partial charge in [0, 0.05) is 18.0 Å². The third kappa shape index (κ3) is 5.28.